The highest BCUT2D eigenvalue weighted by Crippen LogP contribution is 2.33. The highest BCUT2D eigenvalue weighted by molar-refractivity contribution is 7.87. The lowest BCUT2D eigenvalue weighted by molar-refractivity contribution is 0.0284. The van der Waals surface area contributed by atoms with Crippen LogP contribution in [0.5, 0.6) is 5.75 Å². The third-order valence-corrected chi connectivity index (χ3v) is 4.13. The van der Waals surface area contributed by atoms with Crippen LogP contribution in [0.25, 0.3) is 0 Å². The van der Waals surface area contributed by atoms with E-state index in [1.165, 1.54) is 12.1 Å². The number of benzene rings is 2. The smallest absolute Gasteiger partial charge is 0.339 e. The summed E-state index contributed by atoms with van der Waals surface area (Å²) in [7, 11) is -4.24. The fraction of sp³-hybridized carbons (Fsp3) is 0.0769. The van der Waals surface area contributed by atoms with E-state index in [4.69, 9.17) is 14.6 Å². The first-order chi connectivity index (χ1) is 10.7. The third-order valence-electron chi connectivity index (χ3n) is 2.88. The van der Waals surface area contributed by atoms with Crippen molar-refractivity contribution in [2.75, 3.05) is 10.5 Å². The van der Waals surface area contributed by atoms with Crippen molar-refractivity contribution in [3.05, 3.63) is 58.4 Å². The van der Waals surface area contributed by atoms with E-state index in [9.17, 15) is 18.8 Å². The molecule has 2 aromatic rings. The fourth-order valence-electron chi connectivity index (χ4n) is 1.72. The van der Waals surface area contributed by atoms with Gasteiger partial charge in [0.15, 0.2) is 5.75 Å². The molecule has 0 saturated carbocycles. The topological polar surface area (TPSA) is 136 Å². The number of aryl methyl sites for hydroxylation is 1. The Labute approximate surface area is 131 Å². The maximum Gasteiger partial charge on any atom is 0.339 e. The first-order valence-electron chi connectivity index (χ1n) is 6.18. The van der Waals surface area contributed by atoms with Crippen LogP contribution >= 0.6 is 0 Å². The minimum absolute atomic E-state index is 0.144. The second-order valence-electron chi connectivity index (χ2n) is 4.55. The van der Waals surface area contributed by atoms with Crippen LogP contribution in [-0.2, 0) is 10.1 Å². The van der Waals surface area contributed by atoms with E-state index >= 15 is 0 Å². The van der Waals surface area contributed by atoms with Gasteiger partial charge in [-0.25, -0.2) is 0 Å². The van der Waals surface area contributed by atoms with Crippen LogP contribution in [0.2, 0.25) is 0 Å². The first-order valence-corrected chi connectivity index (χ1v) is 7.59. The van der Waals surface area contributed by atoms with Crippen molar-refractivity contribution in [2.24, 2.45) is 0 Å². The largest absolute Gasteiger partial charge is 0.769 e. The number of hydrogen-bond donors (Lipinski definition) is 2. The van der Waals surface area contributed by atoms with E-state index in [0.717, 1.165) is 23.8 Å². The second kappa shape index (κ2) is 6.40. The summed E-state index contributed by atoms with van der Waals surface area (Å²) in [6.45, 7) is 1.78. The van der Waals surface area contributed by atoms with E-state index in [1.807, 2.05) is 0 Å². The molecular weight excluding hydrogens is 328 g/mol. The van der Waals surface area contributed by atoms with Gasteiger partial charge in [0, 0.05) is 5.69 Å². The van der Waals surface area contributed by atoms with E-state index in [2.05, 4.69) is 0 Å². The predicted molar refractivity (Wildman–Crippen MR) is 80.7 cm³/mol. The normalized spacial score (nSPS) is 11.2. The maximum atomic E-state index is 12.2. The molecule has 0 spiro atoms. The molecule has 0 saturated heterocycles. The number of anilines is 2. The van der Waals surface area contributed by atoms with Crippen molar-refractivity contribution >= 4 is 21.5 Å². The minimum atomic E-state index is -4.24. The summed E-state index contributed by atoms with van der Waals surface area (Å²) in [5.74, 6) is -0.471. The van der Waals surface area contributed by atoms with Gasteiger partial charge in [0.25, 0.3) is 0 Å². The first kappa shape index (κ1) is 17.0. The predicted octanol–water partition coefficient (Wildman–Crippen LogP) is 2.15. The zero-order valence-corrected chi connectivity index (χ0v) is 12.6. The van der Waals surface area contributed by atoms with E-state index < -0.39 is 37.7 Å². The van der Waals surface area contributed by atoms with Crippen LogP contribution in [0.1, 0.15) is 5.56 Å². The minimum Gasteiger partial charge on any atom is -0.769 e. The lowest BCUT2D eigenvalue weighted by Crippen LogP contribution is -2.16. The SMILES string of the molecule is Cc1ccc(S(=O)(=O)Oc2ccc(N([O-])[O-])cc2N(O)O)cc1. The molecule has 0 aliphatic heterocycles. The Morgan fingerprint density at radius 1 is 1.04 bits per heavy atom. The van der Waals surface area contributed by atoms with Crippen molar-refractivity contribution in [3.63, 3.8) is 0 Å². The van der Waals surface area contributed by atoms with Crippen LogP contribution in [0.15, 0.2) is 47.4 Å². The van der Waals surface area contributed by atoms with Crippen LogP contribution in [0, 0.1) is 17.3 Å². The highest BCUT2D eigenvalue weighted by atomic mass is 32.2. The molecule has 0 aliphatic carbocycles. The van der Waals surface area contributed by atoms with Gasteiger partial charge in [-0.1, -0.05) is 17.7 Å². The summed E-state index contributed by atoms with van der Waals surface area (Å²) in [6, 6.07) is 8.48. The van der Waals surface area contributed by atoms with Gasteiger partial charge in [-0.2, -0.15) is 8.42 Å². The van der Waals surface area contributed by atoms with Crippen LogP contribution in [-0.4, -0.2) is 18.8 Å². The molecule has 2 rings (SSSR count). The van der Waals surface area contributed by atoms with Gasteiger partial charge in [0.2, 0.25) is 0 Å². The highest BCUT2D eigenvalue weighted by Gasteiger charge is 2.20. The lowest BCUT2D eigenvalue weighted by atomic mass is 10.2. The Morgan fingerprint density at radius 3 is 2.17 bits per heavy atom. The number of hydrogen-bond acceptors (Lipinski definition) is 9. The summed E-state index contributed by atoms with van der Waals surface area (Å²) >= 11 is 0. The maximum absolute atomic E-state index is 12.2. The van der Waals surface area contributed by atoms with Crippen molar-refractivity contribution in [1.82, 2.24) is 0 Å². The molecule has 23 heavy (non-hydrogen) atoms. The van der Waals surface area contributed by atoms with Gasteiger partial charge < -0.3 is 19.8 Å². The molecule has 2 aromatic carbocycles. The molecule has 0 atom stereocenters. The second-order valence-corrected chi connectivity index (χ2v) is 6.10. The molecule has 0 aliphatic rings. The third kappa shape index (κ3) is 3.88. The molecule has 0 bridgehead atoms. The van der Waals surface area contributed by atoms with Crippen LogP contribution in [0.4, 0.5) is 11.4 Å². The fourth-order valence-corrected chi connectivity index (χ4v) is 2.66. The summed E-state index contributed by atoms with van der Waals surface area (Å²) < 4.78 is 29.2. The summed E-state index contributed by atoms with van der Waals surface area (Å²) in [5, 5.41) is 38.4. The molecule has 0 fully saturated rings. The van der Waals surface area contributed by atoms with Crippen molar-refractivity contribution in [2.45, 2.75) is 11.8 Å². The zero-order valence-electron chi connectivity index (χ0n) is 11.8. The van der Waals surface area contributed by atoms with Gasteiger partial charge in [-0.3, -0.25) is 10.4 Å². The Hall–Kier alpha value is -2.37. The molecule has 0 aromatic heterocycles. The zero-order chi connectivity index (χ0) is 17.2. The molecule has 0 radical (unpaired) electrons. The quantitative estimate of drug-likeness (QED) is 0.619. The molecule has 0 heterocycles. The van der Waals surface area contributed by atoms with E-state index in [0.29, 0.717) is 0 Å². The number of rotatable bonds is 5. The average Bonchev–Trinajstić information content (AvgIpc) is 2.47. The standard InChI is InChI=1S/C13H12N2O7S/c1-9-2-5-11(6-3-9)23(20,21)22-13-7-4-10(14(16)17)8-12(13)15(18)19/h2-8,18-19H,1H3/q-2. The van der Waals surface area contributed by atoms with Crippen molar-refractivity contribution < 1.29 is 23.0 Å². The molecule has 10 heteroatoms. The van der Waals surface area contributed by atoms with Crippen LogP contribution < -0.4 is 14.6 Å². The van der Waals surface area contributed by atoms with E-state index in [1.54, 1.807) is 19.1 Å². The molecular formula is C13H12N2O7S-2. The Morgan fingerprint density at radius 2 is 1.65 bits per heavy atom. The summed E-state index contributed by atoms with van der Waals surface area (Å²) in [6.07, 6.45) is 0. The monoisotopic (exact) mass is 340 g/mol. The Bertz CT molecular complexity index is 788. The van der Waals surface area contributed by atoms with Gasteiger partial charge >= 0.3 is 10.1 Å². The van der Waals surface area contributed by atoms with Gasteiger partial charge in [-0.05, 0) is 37.3 Å². The lowest BCUT2D eigenvalue weighted by Gasteiger charge is -2.37. The molecule has 0 unspecified atom stereocenters. The van der Waals surface area contributed by atoms with Crippen molar-refractivity contribution in [1.29, 1.82) is 0 Å². The summed E-state index contributed by atoms with van der Waals surface area (Å²) in [5.41, 5.74) is -0.208. The van der Waals surface area contributed by atoms with Gasteiger partial charge in [-0.15, -0.1) is 5.23 Å². The van der Waals surface area contributed by atoms with Gasteiger partial charge in [0.1, 0.15) is 10.6 Å². The molecule has 2 N–H and O–H groups in total. The van der Waals surface area contributed by atoms with Gasteiger partial charge in [0.05, 0.1) is 0 Å². The molecule has 124 valence electrons. The van der Waals surface area contributed by atoms with Crippen LogP contribution in [0.3, 0.4) is 0 Å². The average molecular weight is 340 g/mol. The molecule has 0 amide bonds. The Balaban J connectivity index is 2.40. The molecule has 9 nitrogen and oxygen atoms in total. The van der Waals surface area contributed by atoms with Crippen molar-refractivity contribution in [3.8, 4) is 5.75 Å². The summed E-state index contributed by atoms with van der Waals surface area (Å²) in [4.78, 5) is -0.144. The number of nitrogens with zero attached hydrogens (tertiary/aromatic N) is 2. The Kier molecular flexibility index (Phi) is 4.73. The van der Waals surface area contributed by atoms with E-state index in [-0.39, 0.29) is 4.90 Å².